The second kappa shape index (κ2) is 6.97. The van der Waals surface area contributed by atoms with Crippen molar-refractivity contribution in [2.45, 2.75) is 32.3 Å². The molecule has 0 saturated heterocycles. The molecule has 0 aliphatic carbocycles. The van der Waals surface area contributed by atoms with Gasteiger partial charge in [-0.3, -0.25) is 4.79 Å². The van der Waals surface area contributed by atoms with Crippen molar-refractivity contribution in [3.05, 3.63) is 51.0 Å². The molecule has 8 nitrogen and oxygen atoms in total. The van der Waals surface area contributed by atoms with E-state index in [1.165, 1.54) is 14.0 Å². The van der Waals surface area contributed by atoms with Gasteiger partial charge in [-0.05, 0) is 39.0 Å². The fourth-order valence-corrected chi connectivity index (χ4v) is 3.90. The monoisotopic (exact) mass is 450 g/mol. The molecule has 148 valence electrons. The molecule has 28 heavy (non-hydrogen) atoms. The number of benzene rings is 1. The van der Waals surface area contributed by atoms with Gasteiger partial charge in [0.1, 0.15) is 22.3 Å². The van der Waals surface area contributed by atoms with Crippen molar-refractivity contribution in [2.75, 3.05) is 12.4 Å². The Kier molecular flexibility index (Phi) is 4.97. The van der Waals surface area contributed by atoms with Gasteiger partial charge in [-0.1, -0.05) is 15.9 Å². The molecule has 2 aliphatic rings. The van der Waals surface area contributed by atoms with Crippen LogP contribution in [0.25, 0.3) is 0 Å². The Labute approximate surface area is 169 Å². The Morgan fingerprint density at radius 3 is 2.54 bits per heavy atom. The lowest BCUT2D eigenvalue weighted by atomic mass is 9.67. The van der Waals surface area contributed by atoms with E-state index in [0.29, 0.717) is 15.7 Å². The van der Waals surface area contributed by atoms with Gasteiger partial charge in [0.25, 0.3) is 0 Å². The molecule has 0 fully saturated rings. The van der Waals surface area contributed by atoms with Crippen LogP contribution in [0, 0.1) is 0 Å². The minimum Gasteiger partial charge on any atom is -0.466 e. The first-order valence-electron chi connectivity index (χ1n) is 8.44. The van der Waals surface area contributed by atoms with Crippen LogP contribution in [0.3, 0.4) is 0 Å². The number of allylic oxidation sites excluding steroid dienone is 1. The lowest BCUT2D eigenvalue weighted by molar-refractivity contribution is -0.145. The highest BCUT2D eigenvalue weighted by Crippen LogP contribution is 2.53. The molecule has 3 N–H and O–H groups in total. The number of nitrogens with two attached hydrogens (primary N) is 1. The van der Waals surface area contributed by atoms with Crippen molar-refractivity contribution in [3.8, 4) is 0 Å². The maximum atomic E-state index is 13.3. The molecule has 0 aromatic heterocycles. The van der Waals surface area contributed by atoms with Gasteiger partial charge in [-0.15, -0.1) is 0 Å². The Bertz CT molecular complexity index is 965. The Hall–Kier alpha value is -2.81. The fourth-order valence-electron chi connectivity index (χ4n) is 3.54. The highest BCUT2D eigenvalue weighted by Gasteiger charge is 2.61. The number of anilines is 1. The SMILES string of the molecule is COC(=O)C1=C(C)OC(N)=C(C(=O)OC(C)C)[C@@]12C(=O)Nc1ccc(Br)cc12. The van der Waals surface area contributed by atoms with E-state index in [4.69, 9.17) is 19.9 Å². The number of amides is 1. The molecular weight excluding hydrogens is 432 g/mol. The zero-order chi connectivity index (χ0) is 20.8. The lowest BCUT2D eigenvalue weighted by Gasteiger charge is -2.35. The number of halogens is 1. The minimum atomic E-state index is -1.86. The van der Waals surface area contributed by atoms with Crippen LogP contribution in [0.4, 0.5) is 5.69 Å². The number of nitrogens with one attached hydrogen (secondary N) is 1. The molecule has 1 aromatic carbocycles. The first-order valence-corrected chi connectivity index (χ1v) is 9.24. The quantitative estimate of drug-likeness (QED) is 0.677. The Morgan fingerprint density at radius 1 is 1.25 bits per heavy atom. The topological polar surface area (TPSA) is 117 Å². The molecule has 2 aliphatic heterocycles. The standard InChI is InChI=1S/C19H19BrN2O6/c1-8(2)27-17(24)14-15(21)28-9(3)13(16(23)26-4)19(14)11-7-10(20)5-6-12(11)22-18(19)25/h5-8H,21H2,1-4H3,(H,22,25)/t19-/m0/s1. The van der Waals surface area contributed by atoms with Crippen LogP contribution in [0.2, 0.25) is 0 Å². The van der Waals surface area contributed by atoms with E-state index in [-0.39, 0.29) is 22.8 Å². The van der Waals surface area contributed by atoms with E-state index >= 15 is 0 Å². The van der Waals surface area contributed by atoms with E-state index in [1.54, 1.807) is 32.0 Å². The van der Waals surface area contributed by atoms with Gasteiger partial charge in [0.2, 0.25) is 11.8 Å². The van der Waals surface area contributed by atoms with E-state index < -0.39 is 29.4 Å². The van der Waals surface area contributed by atoms with Crippen LogP contribution in [-0.4, -0.2) is 31.1 Å². The number of ether oxygens (including phenoxy) is 3. The molecule has 1 amide bonds. The summed E-state index contributed by atoms with van der Waals surface area (Å²) in [6, 6.07) is 5.03. The Balaban J connectivity index is 2.40. The summed E-state index contributed by atoms with van der Waals surface area (Å²) in [5.74, 6) is -2.54. The van der Waals surface area contributed by atoms with Gasteiger partial charge in [0.15, 0.2) is 0 Å². The summed E-state index contributed by atoms with van der Waals surface area (Å²) in [6.45, 7) is 4.80. The molecule has 0 saturated carbocycles. The number of fused-ring (bicyclic) bond motifs is 2. The average Bonchev–Trinajstić information content (AvgIpc) is 2.86. The third-order valence-electron chi connectivity index (χ3n) is 4.52. The highest BCUT2D eigenvalue weighted by molar-refractivity contribution is 9.10. The number of methoxy groups -OCH3 is 1. The number of hydrogen-bond acceptors (Lipinski definition) is 7. The molecule has 1 atom stereocenters. The number of carbonyl (C=O) groups excluding carboxylic acids is 3. The molecule has 3 rings (SSSR count). The summed E-state index contributed by atoms with van der Waals surface area (Å²) in [6.07, 6.45) is -0.482. The van der Waals surface area contributed by atoms with Crippen LogP contribution in [0.1, 0.15) is 26.3 Å². The molecule has 0 radical (unpaired) electrons. The molecule has 9 heteroatoms. The zero-order valence-corrected chi connectivity index (χ0v) is 17.3. The summed E-state index contributed by atoms with van der Waals surface area (Å²) >= 11 is 3.37. The van der Waals surface area contributed by atoms with Gasteiger partial charge < -0.3 is 25.3 Å². The average molecular weight is 451 g/mol. The normalized spacial score (nSPS) is 20.9. The van der Waals surface area contributed by atoms with Crippen molar-refractivity contribution in [1.29, 1.82) is 0 Å². The number of hydrogen-bond donors (Lipinski definition) is 2. The van der Waals surface area contributed by atoms with Gasteiger partial charge >= 0.3 is 11.9 Å². The maximum Gasteiger partial charge on any atom is 0.341 e. The van der Waals surface area contributed by atoms with Crippen molar-refractivity contribution >= 4 is 39.5 Å². The van der Waals surface area contributed by atoms with Crippen LogP contribution < -0.4 is 11.1 Å². The third kappa shape index (κ3) is 2.77. The first-order chi connectivity index (χ1) is 13.1. The number of esters is 2. The molecule has 1 spiro atoms. The van der Waals surface area contributed by atoms with Crippen molar-refractivity contribution in [3.63, 3.8) is 0 Å². The van der Waals surface area contributed by atoms with Crippen molar-refractivity contribution in [2.24, 2.45) is 5.73 Å². The van der Waals surface area contributed by atoms with Crippen LogP contribution in [-0.2, 0) is 34.0 Å². The zero-order valence-electron chi connectivity index (χ0n) is 15.7. The van der Waals surface area contributed by atoms with Crippen LogP contribution in [0.15, 0.2) is 45.5 Å². The second-order valence-corrected chi connectivity index (χ2v) is 7.53. The highest BCUT2D eigenvalue weighted by atomic mass is 79.9. The lowest BCUT2D eigenvalue weighted by Crippen LogP contribution is -2.48. The molecular formula is C19H19BrN2O6. The predicted molar refractivity (Wildman–Crippen MR) is 103 cm³/mol. The minimum absolute atomic E-state index is 0.0634. The van der Waals surface area contributed by atoms with Gasteiger partial charge in [-0.2, -0.15) is 0 Å². The summed E-state index contributed by atoms with van der Waals surface area (Å²) in [4.78, 5) is 39.0. The largest absolute Gasteiger partial charge is 0.466 e. The number of carbonyl (C=O) groups is 3. The first kappa shape index (κ1) is 19.9. The molecule has 0 unspecified atom stereocenters. The maximum absolute atomic E-state index is 13.3. The summed E-state index contributed by atoms with van der Waals surface area (Å²) in [7, 11) is 1.18. The smallest absolute Gasteiger partial charge is 0.341 e. The van der Waals surface area contributed by atoms with Crippen LogP contribution >= 0.6 is 15.9 Å². The second-order valence-electron chi connectivity index (χ2n) is 6.61. The third-order valence-corrected chi connectivity index (χ3v) is 5.02. The fraction of sp³-hybridized carbons (Fsp3) is 0.316. The predicted octanol–water partition coefficient (Wildman–Crippen LogP) is 2.24. The van der Waals surface area contributed by atoms with E-state index in [9.17, 15) is 14.4 Å². The molecule has 1 aromatic rings. The van der Waals surface area contributed by atoms with E-state index in [2.05, 4.69) is 21.2 Å². The molecule has 2 heterocycles. The van der Waals surface area contributed by atoms with Crippen molar-refractivity contribution in [1.82, 2.24) is 0 Å². The number of rotatable bonds is 3. The van der Waals surface area contributed by atoms with Gasteiger partial charge in [0.05, 0.1) is 13.2 Å². The van der Waals surface area contributed by atoms with E-state index in [1.807, 2.05) is 0 Å². The summed E-state index contributed by atoms with van der Waals surface area (Å²) < 4.78 is 16.3. The van der Waals surface area contributed by atoms with Crippen LogP contribution in [0.5, 0.6) is 0 Å². The summed E-state index contributed by atoms with van der Waals surface area (Å²) in [5, 5.41) is 2.72. The van der Waals surface area contributed by atoms with Crippen molar-refractivity contribution < 1.29 is 28.6 Å². The van der Waals surface area contributed by atoms with E-state index in [0.717, 1.165) is 0 Å². The van der Waals surface area contributed by atoms with Gasteiger partial charge in [-0.25, -0.2) is 9.59 Å². The molecule has 0 bridgehead atoms. The van der Waals surface area contributed by atoms with Gasteiger partial charge in [0, 0.05) is 15.7 Å². The Morgan fingerprint density at radius 2 is 1.93 bits per heavy atom. The summed E-state index contributed by atoms with van der Waals surface area (Å²) in [5.41, 5.74) is 4.60.